The highest BCUT2D eigenvalue weighted by atomic mass is 16.4. The normalized spacial score (nSPS) is 11.3. The van der Waals surface area contributed by atoms with Crippen molar-refractivity contribution in [2.45, 2.75) is 110 Å². The number of aryl methyl sites for hydroxylation is 1. The van der Waals surface area contributed by atoms with Crippen LogP contribution >= 0.6 is 0 Å². The van der Waals surface area contributed by atoms with Gasteiger partial charge in [0, 0.05) is 17.5 Å². The van der Waals surface area contributed by atoms with E-state index in [1.54, 1.807) is 12.1 Å². The summed E-state index contributed by atoms with van der Waals surface area (Å²) in [7, 11) is 0. The van der Waals surface area contributed by atoms with Gasteiger partial charge in [0.1, 0.15) is 11.3 Å². The fraction of sp³-hybridized carbons (Fsp3) is 0.654. The fourth-order valence-corrected chi connectivity index (χ4v) is 4.04. The summed E-state index contributed by atoms with van der Waals surface area (Å²) in [5.41, 5.74) is 1.02. The molecule has 1 aromatic carbocycles. The second-order valence-corrected chi connectivity index (χ2v) is 8.47. The molecular formula is C26H40O3. The average Bonchev–Trinajstić information content (AvgIpc) is 2.71. The van der Waals surface area contributed by atoms with E-state index in [4.69, 9.17) is 4.42 Å². The van der Waals surface area contributed by atoms with Gasteiger partial charge in [-0.2, -0.15) is 0 Å². The van der Waals surface area contributed by atoms with Gasteiger partial charge in [-0.3, -0.25) is 0 Å². The van der Waals surface area contributed by atoms with Crippen molar-refractivity contribution in [3.8, 4) is 5.75 Å². The summed E-state index contributed by atoms with van der Waals surface area (Å²) in [6.45, 7) is 2.28. The zero-order chi connectivity index (χ0) is 20.7. The van der Waals surface area contributed by atoms with Gasteiger partial charge in [0.15, 0.2) is 0 Å². The summed E-state index contributed by atoms with van der Waals surface area (Å²) in [5.74, 6) is 0.234. The number of hydrogen-bond donors (Lipinski definition) is 1. The van der Waals surface area contributed by atoms with E-state index in [-0.39, 0.29) is 11.4 Å². The molecule has 1 aromatic heterocycles. The van der Waals surface area contributed by atoms with Crippen molar-refractivity contribution in [1.29, 1.82) is 0 Å². The lowest BCUT2D eigenvalue weighted by Crippen LogP contribution is -1.95. The van der Waals surface area contributed by atoms with Gasteiger partial charge >= 0.3 is 5.63 Å². The molecule has 1 heterocycles. The van der Waals surface area contributed by atoms with Crippen LogP contribution in [0.2, 0.25) is 0 Å². The minimum Gasteiger partial charge on any atom is -0.508 e. The van der Waals surface area contributed by atoms with E-state index in [2.05, 4.69) is 6.92 Å². The Morgan fingerprint density at radius 3 is 1.79 bits per heavy atom. The summed E-state index contributed by atoms with van der Waals surface area (Å²) in [6.07, 6.45) is 21.2. The summed E-state index contributed by atoms with van der Waals surface area (Å²) in [5, 5.41) is 11.0. The number of phenolic OH excluding ortho intramolecular Hbond substituents is 1. The summed E-state index contributed by atoms with van der Waals surface area (Å²) >= 11 is 0. The number of aromatic hydroxyl groups is 1. The molecule has 0 amide bonds. The van der Waals surface area contributed by atoms with E-state index in [0.29, 0.717) is 5.58 Å². The van der Waals surface area contributed by atoms with Gasteiger partial charge in [0.2, 0.25) is 0 Å². The number of hydrogen-bond acceptors (Lipinski definition) is 3. The molecule has 0 unspecified atom stereocenters. The maximum atomic E-state index is 11.3. The minimum absolute atomic E-state index is 0.234. The molecule has 0 spiro atoms. The van der Waals surface area contributed by atoms with Crippen molar-refractivity contribution in [2.75, 3.05) is 0 Å². The molecular weight excluding hydrogens is 360 g/mol. The monoisotopic (exact) mass is 400 g/mol. The molecule has 0 radical (unpaired) electrons. The maximum absolute atomic E-state index is 11.3. The number of phenols is 1. The van der Waals surface area contributed by atoms with E-state index < -0.39 is 0 Å². The first-order chi connectivity index (χ1) is 14.2. The molecule has 0 bridgehead atoms. The SMILES string of the molecule is CCCCCCCCCCCCCCCCCc1cc2ccc(=O)oc2cc1O. The van der Waals surface area contributed by atoms with Crippen LogP contribution in [-0.2, 0) is 6.42 Å². The first-order valence-electron chi connectivity index (χ1n) is 12.0. The molecule has 0 atom stereocenters. The van der Waals surface area contributed by atoms with Crippen molar-refractivity contribution in [2.24, 2.45) is 0 Å². The Bertz CT molecular complexity index is 747. The summed E-state index contributed by atoms with van der Waals surface area (Å²) < 4.78 is 5.11. The van der Waals surface area contributed by atoms with E-state index in [1.165, 1.54) is 96.0 Å². The molecule has 0 fully saturated rings. The van der Waals surface area contributed by atoms with Crippen LogP contribution in [0.15, 0.2) is 33.5 Å². The smallest absolute Gasteiger partial charge is 0.336 e. The Morgan fingerprint density at radius 2 is 1.24 bits per heavy atom. The summed E-state index contributed by atoms with van der Waals surface area (Å²) in [6, 6.07) is 6.70. The number of fused-ring (bicyclic) bond motifs is 1. The Hall–Kier alpha value is -1.77. The van der Waals surface area contributed by atoms with Crippen molar-refractivity contribution >= 4 is 11.0 Å². The highest BCUT2D eigenvalue weighted by Crippen LogP contribution is 2.26. The Balaban J connectivity index is 1.46. The largest absolute Gasteiger partial charge is 0.508 e. The molecule has 0 aliphatic heterocycles. The van der Waals surface area contributed by atoms with Crippen LogP contribution < -0.4 is 5.63 Å². The van der Waals surface area contributed by atoms with Crippen LogP contribution in [0.1, 0.15) is 109 Å². The second-order valence-electron chi connectivity index (χ2n) is 8.47. The minimum atomic E-state index is -0.382. The molecule has 0 saturated carbocycles. The lowest BCUT2D eigenvalue weighted by molar-refractivity contribution is 0.464. The van der Waals surface area contributed by atoms with Gasteiger partial charge in [0.25, 0.3) is 0 Å². The molecule has 0 aliphatic rings. The third kappa shape index (κ3) is 9.51. The number of unbranched alkanes of at least 4 members (excludes halogenated alkanes) is 14. The van der Waals surface area contributed by atoms with Crippen molar-refractivity contribution < 1.29 is 9.52 Å². The van der Waals surface area contributed by atoms with Gasteiger partial charge in [-0.05, 0) is 30.5 Å². The number of rotatable bonds is 16. The molecule has 2 rings (SSSR count). The van der Waals surface area contributed by atoms with Crippen LogP contribution in [0.4, 0.5) is 0 Å². The van der Waals surface area contributed by atoms with Crippen molar-refractivity contribution in [3.63, 3.8) is 0 Å². The molecule has 0 aliphatic carbocycles. The molecule has 3 heteroatoms. The highest BCUT2D eigenvalue weighted by molar-refractivity contribution is 5.79. The number of benzene rings is 1. The van der Waals surface area contributed by atoms with Crippen LogP contribution in [0.25, 0.3) is 11.0 Å². The molecule has 162 valence electrons. The zero-order valence-electron chi connectivity index (χ0n) is 18.4. The Labute approximate surface area is 176 Å². The van der Waals surface area contributed by atoms with Gasteiger partial charge < -0.3 is 9.52 Å². The second kappa shape index (κ2) is 14.3. The van der Waals surface area contributed by atoms with Crippen LogP contribution in [0.3, 0.4) is 0 Å². The van der Waals surface area contributed by atoms with Gasteiger partial charge in [-0.1, -0.05) is 96.8 Å². The van der Waals surface area contributed by atoms with Crippen molar-refractivity contribution in [1.82, 2.24) is 0 Å². The molecule has 2 aromatic rings. The fourth-order valence-electron chi connectivity index (χ4n) is 4.04. The van der Waals surface area contributed by atoms with Crippen LogP contribution in [0, 0.1) is 0 Å². The standard InChI is InChI=1S/C26H40O3/c1-2-3-4-5-6-7-8-9-10-11-12-13-14-15-16-17-22-20-23-18-19-26(28)29-25(23)21-24(22)27/h18-21,27H,2-17H2,1H3. The Morgan fingerprint density at radius 1 is 0.724 bits per heavy atom. The lowest BCUT2D eigenvalue weighted by atomic mass is 10.0. The molecule has 0 saturated heterocycles. The zero-order valence-corrected chi connectivity index (χ0v) is 18.4. The molecule has 29 heavy (non-hydrogen) atoms. The first kappa shape index (κ1) is 23.5. The topological polar surface area (TPSA) is 50.4 Å². The average molecular weight is 401 g/mol. The van der Waals surface area contributed by atoms with Gasteiger partial charge in [0.05, 0.1) is 0 Å². The van der Waals surface area contributed by atoms with E-state index in [1.807, 2.05) is 6.07 Å². The predicted molar refractivity (Wildman–Crippen MR) is 123 cm³/mol. The van der Waals surface area contributed by atoms with Crippen molar-refractivity contribution in [3.05, 3.63) is 40.2 Å². The van der Waals surface area contributed by atoms with Gasteiger partial charge in [-0.15, -0.1) is 0 Å². The van der Waals surface area contributed by atoms with Crippen LogP contribution in [-0.4, -0.2) is 5.11 Å². The van der Waals surface area contributed by atoms with Crippen LogP contribution in [0.5, 0.6) is 5.75 Å². The van der Waals surface area contributed by atoms with E-state index in [0.717, 1.165) is 23.8 Å². The maximum Gasteiger partial charge on any atom is 0.336 e. The third-order valence-electron chi connectivity index (χ3n) is 5.87. The van der Waals surface area contributed by atoms with E-state index in [9.17, 15) is 9.90 Å². The Kier molecular flexibility index (Phi) is 11.6. The molecule has 1 N–H and O–H groups in total. The predicted octanol–water partition coefficient (Wildman–Crippen LogP) is 7.91. The third-order valence-corrected chi connectivity index (χ3v) is 5.87. The quantitative estimate of drug-likeness (QED) is 0.230. The molecule has 3 nitrogen and oxygen atoms in total. The first-order valence-corrected chi connectivity index (χ1v) is 12.0. The lowest BCUT2D eigenvalue weighted by Gasteiger charge is -2.07. The highest BCUT2D eigenvalue weighted by Gasteiger charge is 2.06. The summed E-state index contributed by atoms with van der Waals surface area (Å²) in [4.78, 5) is 11.3. The van der Waals surface area contributed by atoms with E-state index >= 15 is 0 Å². The van der Waals surface area contributed by atoms with Gasteiger partial charge in [-0.25, -0.2) is 4.79 Å².